The molecule has 0 aliphatic carbocycles. The van der Waals surface area contributed by atoms with Gasteiger partial charge in [-0.05, 0) is 37.6 Å². The third-order valence-electron chi connectivity index (χ3n) is 3.43. The lowest BCUT2D eigenvalue weighted by Crippen LogP contribution is -2.06. The highest BCUT2D eigenvalue weighted by Crippen LogP contribution is 2.31. The number of hydrogen-bond donors (Lipinski definition) is 0. The van der Waals surface area contributed by atoms with Crippen molar-refractivity contribution in [3.8, 4) is 5.69 Å². The van der Waals surface area contributed by atoms with Gasteiger partial charge in [0, 0.05) is 0 Å². The lowest BCUT2D eigenvalue weighted by atomic mass is 10.2. The van der Waals surface area contributed by atoms with E-state index in [0.29, 0.717) is 11.3 Å². The Hall–Kier alpha value is -1.94. The summed E-state index contributed by atoms with van der Waals surface area (Å²) >= 11 is 6.17. The smallest absolute Gasteiger partial charge is 0.182 e. The summed E-state index contributed by atoms with van der Waals surface area (Å²) in [6, 6.07) is 9.70. The molecule has 0 radical (unpaired) electrons. The van der Waals surface area contributed by atoms with Crippen molar-refractivity contribution in [1.82, 2.24) is 9.55 Å². The monoisotopic (exact) mass is 306 g/mol. The van der Waals surface area contributed by atoms with Gasteiger partial charge >= 0.3 is 0 Å². The highest BCUT2D eigenvalue weighted by molar-refractivity contribution is 6.20. The molecule has 2 nitrogen and oxygen atoms in total. The van der Waals surface area contributed by atoms with Crippen LogP contribution in [0.15, 0.2) is 36.4 Å². The molecule has 1 unspecified atom stereocenters. The Kier molecular flexibility index (Phi) is 3.41. The number of halogens is 3. The van der Waals surface area contributed by atoms with Crippen molar-refractivity contribution in [3.05, 3.63) is 59.4 Å². The van der Waals surface area contributed by atoms with Gasteiger partial charge in [0.25, 0.3) is 0 Å². The Balaban J connectivity index is 2.45. The third-order valence-corrected chi connectivity index (χ3v) is 3.63. The maximum Gasteiger partial charge on any atom is 0.182 e. The van der Waals surface area contributed by atoms with Gasteiger partial charge in [0.2, 0.25) is 0 Å². The summed E-state index contributed by atoms with van der Waals surface area (Å²) in [4.78, 5) is 4.46. The van der Waals surface area contributed by atoms with Crippen LogP contribution in [0.25, 0.3) is 16.7 Å². The van der Waals surface area contributed by atoms with E-state index in [9.17, 15) is 8.78 Å². The largest absolute Gasteiger partial charge is 0.292 e. The van der Waals surface area contributed by atoms with Crippen molar-refractivity contribution >= 4 is 22.6 Å². The number of aromatic nitrogens is 2. The van der Waals surface area contributed by atoms with Gasteiger partial charge in [-0.15, -0.1) is 11.6 Å². The van der Waals surface area contributed by atoms with Crippen LogP contribution in [-0.4, -0.2) is 9.55 Å². The average Bonchev–Trinajstić information content (AvgIpc) is 2.83. The van der Waals surface area contributed by atoms with E-state index >= 15 is 0 Å². The lowest BCUT2D eigenvalue weighted by Gasteiger charge is -2.12. The maximum atomic E-state index is 14.2. The molecule has 21 heavy (non-hydrogen) atoms. The number of rotatable bonds is 2. The second-order valence-corrected chi connectivity index (χ2v) is 5.59. The minimum Gasteiger partial charge on any atom is -0.292 e. The SMILES string of the molecule is Cc1cccc2nc(C(C)Cl)n(-c3cccc(F)c3F)c12. The molecule has 3 rings (SSSR count). The van der Waals surface area contributed by atoms with E-state index < -0.39 is 17.0 Å². The molecule has 2 aromatic carbocycles. The molecular formula is C16H13ClF2N2. The van der Waals surface area contributed by atoms with Gasteiger partial charge in [-0.2, -0.15) is 0 Å². The predicted octanol–water partition coefficient (Wildman–Crippen LogP) is 4.91. The van der Waals surface area contributed by atoms with Crippen molar-refractivity contribution in [2.75, 3.05) is 0 Å². The van der Waals surface area contributed by atoms with Gasteiger partial charge in [0.05, 0.1) is 22.1 Å². The number of fused-ring (bicyclic) bond motifs is 1. The third kappa shape index (κ3) is 2.20. The van der Waals surface area contributed by atoms with Crippen LogP contribution in [0.3, 0.4) is 0 Å². The van der Waals surface area contributed by atoms with Crippen molar-refractivity contribution in [3.63, 3.8) is 0 Å². The van der Waals surface area contributed by atoms with Crippen molar-refractivity contribution in [1.29, 1.82) is 0 Å². The normalized spacial score (nSPS) is 12.8. The zero-order chi connectivity index (χ0) is 15.1. The summed E-state index contributed by atoms with van der Waals surface area (Å²) in [5.41, 5.74) is 2.49. The number of benzene rings is 2. The molecule has 0 spiro atoms. The van der Waals surface area contributed by atoms with E-state index in [-0.39, 0.29) is 5.69 Å². The summed E-state index contributed by atoms with van der Waals surface area (Å²) in [5, 5.41) is -0.431. The van der Waals surface area contributed by atoms with E-state index in [0.717, 1.165) is 17.1 Å². The van der Waals surface area contributed by atoms with Crippen LogP contribution in [0.4, 0.5) is 8.78 Å². The number of para-hydroxylation sites is 1. The second kappa shape index (κ2) is 5.11. The fraction of sp³-hybridized carbons (Fsp3) is 0.188. The van der Waals surface area contributed by atoms with Gasteiger partial charge < -0.3 is 0 Å². The molecule has 0 aliphatic heterocycles. The molecule has 0 amide bonds. The first kappa shape index (κ1) is 14.0. The molecule has 5 heteroatoms. The van der Waals surface area contributed by atoms with Crippen LogP contribution in [0, 0.1) is 18.6 Å². The Morgan fingerprint density at radius 3 is 2.57 bits per heavy atom. The summed E-state index contributed by atoms with van der Waals surface area (Å²) in [6.07, 6.45) is 0. The Morgan fingerprint density at radius 1 is 1.14 bits per heavy atom. The van der Waals surface area contributed by atoms with Crippen LogP contribution >= 0.6 is 11.6 Å². The Morgan fingerprint density at radius 2 is 1.86 bits per heavy atom. The molecule has 0 fully saturated rings. The van der Waals surface area contributed by atoms with E-state index in [1.54, 1.807) is 11.5 Å². The highest BCUT2D eigenvalue weighted by atomic mass is 35.5. The lowest BCUT2D eigenvalue weighted by molar-refractivity contribution is 0.504. The van der Waals surface area contributed by atoms with E-state index in [1.165, 1.54) is 12.1 Å². The van der Waals surface area contributed by atoms with Gasteiger partial charge in [0.15, 0.2) is 11.6 Å². The molecule has 0 N–H and O–H groups in total. The van der Waals surface area contributed by atoms with Crippen LogP contribution < -0.4 is 0 Å². The first-order valence-corrected chi connectivity index (χ1v) is 7.00. The fourth-order valence-electron chi connectivity index (χ4n) is 2.49. The average molecular weight is 307 g/mol. The topological polar surface area (TPSA) is 17.8 Å². The summed E-state index contributed by atoms with van der Waals surface area (Å²) in [5.74, 6) is -1.31. The molecule has 0 saturated heterocycles. The molecule has 1 heterocycles. The fourth-order valence-corrected chi connectivity index (χ4v) is 2.63. The molecular weight excluding hydrogens is 294 g/mol. The number of imidazole rings is 1. The van der Waals surface area contributed by atoms with Crippen molar-refractivity contribution in [2.45, 2.75) is 19.2 Å². The van der Waals surface area contributed by atoms with Crippen LogP contribution in [0.5, 0.6) is 0 Å². The molecule has 1 atom stereocenters. The molecule has 0 aliphatic rings. The standard InChI is InChI=1S/C16H13ClF2N2/c1-9-5-3-7-12-15(9)21(16(20-12)10(2)17)13-8-4-6-11(18)14(13)19/h3-8,10H,1-2H3. The minimum atomic E-state index is -0.904. The van der Waals surface area contributed by atoms with E-state index in [1.807, 2.05) is 25.1 Å². The molecule has 1 aromatic heterocycles. The predicted molar refractivity (Wildman–Crippen MR) is 80.0 cm³/mol. The molecule has 108 valence electrons. The van der Waals surface area contributed by atoms with Crippen LogP contribution in [0.1, 0.15) is 23.7 Å². The number of hydrogen-bond acceptors (Lipinski definition) is 1. The van der Waals surface area contributed by atoms with Crippen molar-refractivity contribution < 1.29 is 8.78 Å². The zero-order valence-corrected chi connectivity index (χ0v) is 12.3. The quantitative estimate of drug-likeness (QED) is 0.615. The number of alkyl halides is 1. The number of aryl methyl sites for hydroxylation is 1. The Labute approximate surface area is 126 Å². The maximum absolute atomic E-state index is 14.2. The van der Waals surface area contributed by atoms with E-state index in [4.69, 9.17) is 11.6 Å². The molecule has 3 aromatic rings. The number of nitrogens with zero attached hydrogens (tertiary/aromatic N) is 2. The van der Waals surface area contributed by atoms with Crippen LogP contribution in [0.2, 0.25) is 0 Å². The summed E-state index contributed by atoms with van der Waals surface area (Å²) < 4.78 is 29.4. The summed E-state index contributed by atoms with van der Waals surface area (Å²) in [7, 11) is 0. The first-order valence-electron chi connectivity index (χ1n) is 6.57. The first-order chi connectivity index (χ1) is 10.0. The van der Waals surface area contributed by atoms with Gasteiger partial charge in [-0.1, -0.05) is 18.2 Å². The van der Waals surface area contributed by atoms with Crippen molar-refractivity contribution in [2.24, 2.45) is 0 Å². The van der Waals surface area contributed by atoms with Gasteiger partial charge in [-0.3, -0.25) is 4.57 Å². The van der Waals surface area contributed by atoms with Gasteiger partial charge in [-0.25, -0.2) is 13.8 Å². The second-order valence-electron chi connectivity index (χ2n) is 4.94. The molecule has 0 bridgehead atoms. The van der Waals surface area contributed by atoms with Crippen LogP contribution in [-0.2, 0) is 0 Å². The highest BCUT2D eigenvalue weighted by Gasteiger charge is 2.20. The van der Waals surface area contributed by atoms with Gasteiger partial charge in [0.1, 0.15) is 5.82 Å². The summed E-state index contributed by atoms with van der Waals surface area (Å²) in [6.45, 7) is 3.66. The van der Waals surface area contributed by atoms with E-state index in [2.05, 4.69) is 4.98 Å². The minimum absolute atomic E-state index is 0.120. The Bertz CT molecular complexity index is 825. The zero-order valence-electron chi connectivity index (χ0n) is 11.6. The molecule has 0 saturated carbocycles.